The monoisotopic (exact) mass is 207 g/mol. The summed E-state index contributed by atoms with van der Waals surface area (Å²) in [5, 5.41) is 9.18. The fraction of sp³-hybridized carbons (Fsp3) is 0.545. The highest BCUT2D eigenvalue weighted by Gasteiger charge is 2.29. The summed E-state index contributed by atoms with van der Waals surface area (Å²) in [5.41, 5.74) is 6.27. The number of anilines is 2. The number of aliphatic hydroxyl groups is 1. The summed E-state index contributed by atoms with van der Waals surface area (Å²) in [7, 11) is 0. The minimum atomic E-state index is 0.257. The molecule has 0 amide bonds. The van der Waals surface area contributed by atoms with Gasteiger partial charge in [-0.3, -0.25) is 0 Å². The zero-order valence-corrected chi connectivity index (χ0v) is 8.93. The Labute approximate surface area is 89.7 Å². The number of aromatic nitrogens is 1. The smallest absolute Gasteiger partial charge is 0.128 e. The Kier molecular flexibility index (Phi) is 2.77. The average Bonchev–Trinajstić information content (AvgIpc) is 2.61. The molecule has 0 spiro atoms. The Morgan fingerprint density at radius 1 is 1.53 bits per heavy atom. The molecule has 1 saturated heterocycles. The van der Waals surface area contributed by atoms with Gasteiger partial charge in [-0.2, -0.15) is 0 Å². The van der Waals surface area contributed by atoms with E-state index in [4.69, 9.17) is 5.73 Å². The van der Waals surface area contributed by atoms with Gasteiger partial charge in [-0.05, 0) is 18.1 Å². The summed E-state index contributed by atoms with van der Waals surface area (Å²) < 4.78 is 0. The molecular formula is C11H17N3O. The van der Waals surface area contributed by atoms with E-state index < -0.39 is 0 Å². The van der Waals surface area contributed by atoms with Crippen LogP contribution in [0.1, 0.15) is 6.92 Å². The minimum Gasteiger partial charge on any atom is -0.397 e. The van der Waals surface area contributed by atoms with Crippen molar-refractivity contribution in [1.29, 1.82) is 0 Å². The molecule has 1 aromatic heterocycles. The molecule has 0 aromatic carbocycles. The molecule has 82 valence electrons. The van der Waals surface area contributed by atoms with Crippen LogP contribution in [0.25, 0.3) is 0 Å². The normalized spacial score (nSPS) is 25.9. The van der Waals surface area contributed by atoms with Crippen LogP contribution in [0.5, 0.6) is 0 Å². The summed E-state index contributed by atoms with van der Waals surface area (Å²) in [6.07, 6.45) is 1.67. The molecule has 1 aliphatic rings. The average molecular weight is 207 g/mol. The maximum absolute atomic E-state index is 9.18. The first kappa shape index (κ1) is 10.2. The molecule has 0 radical (unpaired) electrons. The maximum atomic E-state index is 9.18. The highest BCUT2D eigenvalue weighted by atomic mass is 16.3. The predicted octanol–water partition coefficient (Wildman–Crippen LogP) is 0.728. The first-order valence-corrected chi connectivity index (χ1v) is 5.28. The lowest BCUT2D eigenvalue weighted by Crippen LogP contribution is -2.21. The van der Waals surface area contributed by atoms with Crippen molar-refractivity contribution >= 4 is 11.5 Å². The Morgan fingerprint density at radius 3 is 2.87 bits per heavy atom. The number of nitrogens with two attached hydrogens (primary N) is 1. The molecule has 0 unspecified atom stereocenters. The van der Waals surface area contributed by atoms with Crippen LogP contribution in [0.15, 0.2) is 18.3 Å². The van der Waals surface area contributed by atoms with Gasteiger partial charge in [-0.25, -0.2) is 4.98 Å². The van der Waals surface area contributed by atoms with E-state index in [1.165, 1.54) is 0 Å². The molecule has 0 aliphatic carbocycles. The number of hydrogen-bond acceptors (Lipinski definition) is 4. The topological polar surface area (TPSA) is 62.4 Å². The van der Waals surface area contributed by atoms with Crippen LogP contribution in [-0.4, -0.2) is 29.8 Å². The van der Waals surface area contributed by atoms with E-state index >= 15 is 0 Å². The molecule has 1 aromatic rings. The van der Waals surface area contributed by atoms with Crippen molar-refractivity contribution < 1.29 is 5.11 Å². The van der Waals surface area contributed by atoms with E-state index in [-0.39, 0.29) is 6.61 Å². The summed E-state index contributed by atoms with van der Waals surface area (Å²) >= 11 is 0. The molecule has 2 atom stereocenters. The van der Waals surface area contributed by atoms with Gasteiger partial charge in [0.25, 0.3) is 0 Å². The Hall–Kier alpha value is -1.29. The molecule has 1 aliphatic heterocycles. The van der Waals surface area contributed by atoms with E-state index in [9.17, 15) is 5.11 Å². The van der Waals surface area contributed by atoms with Crippen molar-refractivity contribution in [1.82, 2.24) is 4.98 Å². The molecule has 3 N–H and O–H groups in total. The van der Waals surface area contributed by atoms with Crippen LogP contribution < -0.4 is 10.6 Å². The highest BCUT2D eigenvalue weighted by Crippen LogP contribution is 2.26. The fourth-order valence-corrected chi connectivity index (χ4v) is 2.04. The maximum Gasteiger partial charge on any atom is 0.128 e. The summed E-state index contributed by atoms with van der Waals surface area (Å²) in [4.78, 5) is 6.48. The zero-order chi connectivity index (χ0) is 10.8. The lowest BCUT2D eigenvalue weighted by molar-refractivity contribution is 0.212. The molecule has 2 heterocycles. The van der Waals surface area contributed by atoms with Gasteiger partial charge in [-0.15, -0.1) is 0 Å². The van der Waals surface area contributed by atoms with Gasteiger partial charge >= 0.3 is 0 Å². The largest absolute Gasteiger partial charge is 0.397 e. The molecule has 4 heteroatoms. The molecule has 4 nitrogen and oxygen atoms in total. The number of aliphatic hydroxyl groups excluding tert-OH is 1. The van der Waals surface area contributed by atoms with Gasteiger partial charge in [-0.1, -0.05) is 6.92 Å². The molecule has 0 bridgehead atoms. The van der Waals surface area contributed by atoms with E-state index in [2.05, 4.69) is 16.8 Å². The van der Waals surface area contributed by atoms with Crippen LogP contribution in [0.3, 0.4) is 0 Å². The zero-order valence-electron chi connectivity index (χ0n) is 8.93. The first-order valence-electron chi connectivity index (χ1n) is 5.28. The summed E-state index contributed by atoms with van der Waals surface area (Å²) in [5.74, 6) is 1.84. The Balaban J connectivity index is 2.10. The van der Waals surface area contributed by atoms with Crippen LogP contribution in [-0.2, 0) is 0 Å². The predicted molar refractivity (Wildman–Crippen MR) is 60.6 cm³/mol. The lowest BCUT2D eigenvalue weighted by Gasteiger charge is -2.16. The number of rotatable bonds is 2. The molecular weight excluding hydrogens is 190 g/mol. The molecule has 15 heavy (non-hydrogen) atoms. The van der Waals surface area contributed by atoms with Gasteiger partial charge in [0.2, 0.25) is 0 Å². The van der Waals surface area contributed by atoms with Gasteiger partial charge in [0.1, 0.15) is 5.82 Å². The van der Waals surface area contributed by atoms with Gasteiger partial charge in [0.15, 0.2) is 0 Å². The van der Waals surface area contributed by atoms with E-state index in [1.807, 2.05) is 12.1 Å². The Morgan fingerprint density at radius 2 is 2.33 bits per heavy atom. The van der Waals surface area contributed by atoms with Crippen LogP contribution in [0.2, 0.25) is 0 Å². The van der Waals surface area contributed by atoms with Crippen LogP contribution >= 0.6 is 0 Å². The van der Waals surface area contributed by atoms with Crippen molar-refractivity contribution in [3.8, 4) is 0 Å². The van der Waals surface area contributed by atoms with Gasteiger partial charge in [0, 0.05) is 25.6 Å². The van der Waals surface area contributed by atoms with Crippen LogP contribution in [0, 0.1) is 11.8 Å². The van der Waals surface area contributed by atoms with Gasteiger partial charge in [0.05, 0.1) is 11.9 Å². The number of nitrogen functional groups attached to an aromatic ring is 1. The van der Waals surface area contributed by atoms with Crippen molar-refractivity contribution in [2.75, 3.05) is 30.3 Å². The SMILES string of the molecule is C[C@H]1CN(c2ccc(N)cn2)C[C@H]1CO. The number of pyridine rings is 1. The summed E-state index contributed by atoms with van der Waals surface area (Å²) in [6, 6.07) is 3.79. The fourth-order valence-electron chi connectivity index (χ4n) is 2.04. The standard InChI is InChI=1S/C11H17N3O/c1-8-5-14(6-9(8)7-15)11-3-2-10(12)4-13-11/h2-4,8-9,15H,5-7,12H2,1H3/t8-,9-/m0/s1. The third-order valence-corrected chi connectivity index (χ3v) is 3.10. The quantitative estimate of drug-likeness (QED) is 0.750. The second kappa shape index (κ2) is 4.06. The van der Waals surface area contributed by atoms with Crippen molar-refractivity contribution in [2.24, 2.45) is 11.8 Å². The second-order valence-corrected chi connectivity index (χ2v) is 4.27. The van der Waals surface area contributed by atoms with Crippen molar-refractivity contribution in [3.05, 3.63) is 18.3 Å². The Bertz CT molecular complexity index is 325. The van der Waals surface area contributed by atoms with E-state index in [0.717, 1.165) is 18.9 Å². The summed E-state index contributed by atoms with van der Waals surface area (Å²) in [6.45, 7) is 4.27. The number of nitrogens with zero attached hydrogens (tertiary/aromatic N) is 2. The van der Waals surface area contributed by atoms with E-state index in [1.54, 1.807) is 6.20 Å². The highest BCUT2D eigenvalue weighted by molar-refractivity contribution is 5.46. The third kappa shape index (κ3) is 2.04. The molecule has 0 saturated carbocycles. The first-order chi connectivity index (χ1) is 7.20. The third-order valence-electron chi connectivity index (χ3n) is 3.10. The van der Waals surface area contributed by atoms with Crippen molar-refractivity contribution in [3.63, 3.8) is 0 Å². The molecule has 1 fully saturated rings. The van der Waals surface area contributed by atoms with Gasteiger partial charge < -0.3 is 15.7 Å². The second-order valence-electron chi connectivity index (χ2n) is 4.27. The van der Waals surface area contributed by atoms with E-state index in [0.29, 0.717) is 17.5 Å². The minimum absolute atomic E-state index is 0.257. The lowest BCUT2D eigenvalue weighted by atomic mass is 10.00. The number of hydrogen-bond donors (Lipinski definition) is 2. The molecule has 2 rings (SSSR count). The van der Waals surface area contributed by atoms with Crippen LogP contribution in [0.4, 0.5) is 11.5 Å². The van der Waals surface area contributed by atoms with Crippen molar-refractivity contribution in [2.45, 2.75) is 6.92 Å².